The van der Waals surface area contributed by atoms with Gasteiger partial charge in [0.15, 0.2) is 11.5 Å². The predicted molar refractivity (Wildman–Crippen MR) is 134 cm³/mol. The van der Waals surface area contributed by atoms with E-state index in [2.05, 4.69) is 6.92 Å². The molecule has 7 heteroatoms. The number of para-hydroxylation sites is 1. The number of aryl methyl sites for hydroxylation is 1. The van der Waals surface area contributed by atoms with E-state index >= 15 is 0 Å². The topological polar surface area (TPSA) is 96.4 Å². The van der Waals surface area contributed by atoms with E-state index in [4.69, 9.17) is 20.2 Å². The molecule has 0 aliphatic heterocycles. The molecule has 0 saturated carbocycles. The van der Waals surface area contributed by atoms with Crippen LogP contribution in [0.3, 0.4) is 0 Å². The van der Waals surface area contributed by atoms with Gasteiger partial charge in [0, 0.05) is 35.1 Å². The van der Waals surface area contributed by atoms with E-state index in [1.807, 2.05) is 36.4 Å². The highest BCUT2D eigenvalue weighted by atomic mass is 16.5. The SMILES string of the molecule is CCCCc1c(C(N)=O)c2cc(OC)c(OC)cc2c(=O)n1CCc1ccc2ccccc2n1. The molecule has 1 amide bonds. The van der Waals surface area contributed by atoms with Crippen LogP contribution < -0.4 is 20.8 Å². The van der Waals surface area contributed by atoms with Crippen LogP contribution in [-0.2, 0) is 19.4 Å². The van der Waals surface area contributed by atoms with E-state index in [0.717, 1.165) is 29.4 Å². The fraction of sp³-hybridized carbons (Fsp3) is 0.296. The summed E-state index contributed by atoms with van der Waals surface area (Å²) in [5.41, 5.74) is 8.47. The first kappa shape index (κ1) is 23.3. The number of unbranched alkanes of at least 4 members (excludes halogenated alkanes) is 1. The van der Waals surface area contributed by atoms with Gasteiger partial charge in [-0.3, -0.25) is 14.6 Å². The van der Waals surface area contributed by atoms with E-state index in [9.17, 15) is 9.59 Å². The lowest BCUT2D eigenvalue weighted by atomic mass is 9.98. The van der Waals surface area contributed by atoms with Gasteiger partial charge in [-0.1, -0.05) is 37.6 Å². The minimum atomic E-state index is -0.569. The summed E-state index contributed by atoms with van der Waals surface area (Å²) in [7, 11) is 3.03. The van der Waals surface area contributed by atoms with Crippen LogP contribution >= 0.6 is 0 Å². The molecule has 7 nitrogen and oxygen atoms in total. The fourth-order valence-electron chi connectivity index (χ4n) is 4.41. The monoisotopic (exact) mass is 459 g/mol. The Morgan fingerprint density at radius 3 is 2.38 bits per heavy atom. The highest BCUT2D eigenvalue weighted by Gasteiger charge is 2.22. The van der Waals surface area contributed by atoms with Gasteiger partial charge in [-0.25, -0.2) is 0 Å². The molecule has 34 heavy (non-hydrogen) atoms. The molecule has 0 radical (unpaired) electrons. The summed E-state index contributed by atoms with van der Waals surface area (Å²) in [6.45, 7) is 2.45. The summed E-state index contributed by atoms with van der Waals surface area (Å²) in [4.78, 5) is 31.1. The van der Waals surface area contributed by atoms with Crippen molar-refractivity contribution in [3.63, 3.8) is 0 Å². The van der Waals surface area contributed by atoms with Crippen LogP contribution in [0.2, 0.25) is 0 Å². The number of carbonyl (C=O) groups excluding carboxylic acids is 1. The Bertz CT molecular complexity index is 1430. The zero-order valence-corrected chi connectivity index (χ0v) is 19.8. The first-order valence-electron chi connectivity index (χ1n) is 11.4. The highest BCUT2D eigenvalue weighted by Crippen LogP contribution is 2.33. The van der Waals surface area contributed by atoms with Crippen molar-refractivity contribution in [3.8, 4) is 11.5 Å². The number of pyridine rings is 2. The van der Waals surface area contributed by atoms with Crippen LogP contribution in [0.4, 0.5) is 0 Å². The van der Waals surface area contributed by atoms with Crippen LogP contribution in [0.1, 0.15) is 41.5 Å². The number of hydrogen-bond donors (Lipinski definition) is 1. The molecule has 2 N–H and O–H groups in total. The molecule has 0 aliphatic rings. The third kappa shape index (κ3) is 4.33. The number of carbonyl (C=O) groups is 1. The average Bonchev–Trinajstić information content (AvgIpc) is 2.85. The molecule has 0 atom stereocenters. The van der Waals surface area contributed by atoms with E-state index < -0.39 is 5.91 Å². The van der Waals surface area contributed by atoms with Crippen molar-refractivity contribution in [1.29, 1.82) is 0 Å². The van der Waals surface area contributed by atoms with Gasteiger partial charge in [-0.2, -0.15) is 0 Å². The number of amides is 1. The molecular formula is C27H29N3O4. The number of nitrogens with two attached hydrogens (primary N) is 1. The number of methoxy groups -OCH3 is 2. The lowest BCUT2D eigenvalue weighted by molar-refractivity contribution is 0.1000. The number of hydrogen-bond acceptors (Lipinski definition) is 5. The Morgan fingerprint density at radius 2 is 1.71 bits per heavy atom. The van der Waals surface area contributed by atoms with Crippen molar-refractivity contribution in [1.82, 2.24) is 9.55 Å². The normalized spacial score (nSPS) is 11.1. The zero-order chi connectivity index (χ0) is 24.2. The highest BCUT2D eigenvalue weighted by molar-refractivity contribution is 6.07. The molecule has 2 aromatic heterocycles. The van der Waals surface area contributed by atoms with Gasteiger partial charge in [0.05, 0.1) is 30.7 Å². The van der Waals surface area contributed by atoms with Crippen molar-refractivity contribution in [2.75, 3.05) is 14.2 Å². The van der Waals surface area contributed by atoms with Gasteiger partial charge in [-0.05, 0) is 37.1 Å². The quantitative estimate of drug-likeness (QED) is 0.404. The summed E-state index contributed by atoms with van der Waals surface area (Å²) in [5, 5.41) is 1.93. The minimum absolute atomic E-state index is 0.187. The maximum Gasteiger partial charge on any atom is 0.258 e. The van der Waals surface area contributed by atoms with Gasteiger partial charge in [-0.15, -0.1) is 0 Å². The third-order valence-electron chi connectivity index (χ3n) is 6.14. The third-order valence-corrected chi connectivity index (χ3v) is 6.14. The molecule has 0 bridgehead atoms. The molecule has 2 aromatic carbocycles. The zero-order valence-electron chi connectivity index (χ0n) is 19.8. The smallest absolute Gasteiger partial charge is 0.258 e. The molecular weight excluding hydrogens is 430 g/mol. The standard InChI is InChI=1S/C27H29N3O4/c1-4-5-10-22-25(26(28)31)19-15-23(33-2)24(34-3)16-20(19)27(32)30(22)14-13-18-12-11-17-8-6-7-9-21(17)29-18/h6-9,11-12,15-16H,4-5,10,13-14H2,1-3H3,(H2,28,31). The van der Waals surface area contributed by atoms with Crippen LogP contribution in [0, 0.1) is 0 Å². The maximum atomic E-state index is 13.7. The largest absolute Gasteiger partial charge is 0.493 e. The van der Waals surface area contributed by atoms with E-state index in [1.165, 1.54) is 14.2 Å². The summed E-state index contributed by atoms with van der Waals surface area (Å²) >= 11 is 0. The molecule has 0 unspecified atom stereocenters. The second-order valence-electron chi connectivity index (χ2n) is 8.24. The van der Waals surface area contributed by atoms with Crippen LogP contribution in [0.15, 0.2) is 53.3 Å². The summed E-state index contributed by atoms with van der Waals surface area (Å²) in [6, 6.07) is 15.2. The Morgan fingerprint density at radius 1 is 1.00 bits per heavy atom. The second-order valence-corrected chi connectivity index (χ2v) is 8.24. The number of benzene rings is 2. The molecule has 4 aromatic rings. The first-order chi connectivity index (χ1) is 16.5. The number of rotatable bonds is 9. The molecule has 0 aliphatic carbocycles. The number of aromatic nitrogens is 2. The van der Waals surface area contributed by atoms with E-state index in [1.54, 1.807) is 16.7 Å². The van der Waals surface area contributed by atoms with Gasteiger partial charge < -0.3 is 19.8 Å². The Kier molecular flexibility index (Phi) is 6.82. The van der Waals surface area contributed by atoms with Gasteiger partial charge in [0.25, 0.3) is 11.5 Å². The number of primary amides is 1. The van der Waals surface area contributed by atoms with Crippen molar-refractivity contribution in [3.05, 3.63) is 75.8 Å². The Labute approximate surface area is 198 Å². The maximum absolute atomic E-state index is 13.7. The Hall–Kier alpha value is -3.87. The minimum Gasteiger partial charge on any atom is -0.493 e. The molecule has 2 heterocycles. The molecule has 4 rings (SSSR count). The summed E-state index contributed by atoms with van der Waals surface area (Å²) in [5.74, 6) is 0.295. The average molecular weight is 460 g/mol. The lowest BCUT2D eigenvalue weighted by Gasteiger charge is -2.19. The molecule has 0 fully saturated rings. The Balaban J connectivity index is 1.88. The van der Waals surface area contributed by atoms with Crippen LogP contribution in [0.25, 0.3) is 21.7 Å². The van der Waals surface area contributed by atoms with Crippen LogP contribution in [-0.4, -0.2) is 29.7 Å². The first-order valence-corrected chi connectivity index (χ1v) is 11.4. The molecule has 176 valence electrons. The number of ether oxygens (including phenoxy) is 2. The van der Waals surface area contributed by atoms with Crippen molar-refractivity contribution in [2.45, 2.75) is 39.2 Å². The summed E-state index contributed by atoms with van der Waals surface area (Å²) < 4.78 is 12.5. The lowest BCUT2D eigenvalue weighted by Crippen LogP contribution is -2.30. The second kappa shape index (κ2) is 9.95. The fourth-order valence-corrected chi connectivity index (χ4v) is 4.41. The van der Waals surface area contributed by atoms with Crippen molar-refractivity contribution < 1.29 is 14.3 Å². The van der Waals surface area contributed by atoms with Gasteiger partial charge >= 0.3 is 0 Å². The van der Waals surface area contributed by atoms with Crippen molar-refractivity contribution in [2.24, 2.45) is 5.73 Å². The summed E-state index contributed by atoms with van der Waals surface area (Å²) in [6.07, 6.45) is 2.86. The molecule has 0 saturated heterocycles. The van der Waals surface area contributed by atoms with Crippen LogP contribution in [0.5, 0.6) is 11.5 Å². The number of nitrogens with zero attached hydrogens (tertiary/aromatic N) is 2. The molecule has 0 spiro atoms. The van der Waals surface area contributed by atoms with E-state index in [0.29, 0.717) is 52.9 Å². The van der Waals surface area contributed by atoms with Gasteiger partial charge in [0.2, 0.25) is 0 Å². The van der Waals surface area contributed by atoms with Crippen molar-refractivity contribution >= 4 is 27.6 Å². The van der Waals surface area contributed by atoms with E-state index in [-0.39, 0.29) is 5.56 Å². The number of fused-ring (bicyclic) bond motifs is 2. The van der Waals surface area contributed by atoms with Gasteiger partial charge in [0.1, 0.15) is 0 Å². The predicted octanol–water partition coefficient (Wildman–Crippen LogP) is 4.25.